The fraction of sp³-hybridized carbons (Fsp3) is 0.862. The predicted octanol–water partition coefficient (Wildman–Crippen LogP) is 17.2. The van der Waals surface area contributed by atoms with Crippen LogP contribution in [0, 0.1) is 0 Å². The van der Waals surface area contributed by atoms with Crippen molar-refractivity contribution < 1.29 is 37.3 Å². The highest BCUT2D eigenvalue weighted by Crippen LogP contribution is 2.43. The molecule has 0 saturated heterocycles. The Morgan fingerprint density at radius 2 is 0.882 bits per heavy atom. The van der Waals surface area contributed by atoms with Crippen LogP contribution in [0.25, 0.3) is 0 Å². The molecular formula is C58H112N2O7P+. The van der Waals surface area contributed by atoms with Gasteiger partial charge in [-0.15, -0.1) is 0 Å². The minimum atomic E-state index is -4.45. The van der Waals surface area contributed by atoms with E-state index in [0.717, 1.165) is 64.2 Å². The number of unbranched alkanes of at least 4 members (excludes halogenated alkanes) is 33. The maximum absolute atomic E-state index is 13.5. The van der Waals surface area contributed by atoms with Gasteiger partial charge in [0.25, 0.3) is 0 Å². The number of hydrogen-bond donors (Lipinski definition) is 2. The van der Waals surface area contributed by atoms with Crippen molar-refractivity contribution in [2.75, 3.05) is 40.9 Å². The van der Waals surface area contributed by atoms with Crippen molar-refractivity contribution in [2.45, 2.75) is 283 Å². The van der Waals surface area contributed by atoms with Crippen LogP contribution < -0.4 is 5.32 Å². The van der Waals surface area contributed by atoms with Gasteiger partial charge >= 0.3 is 13.8 Å². The normalized spacial score (nSPS) is 14.0. The molecule has 0 aromatic rings. The molecule has 9 nitrogen and oxygen atoms in total. The van der Waals surface area contributed by atoms with Crippen LogP contribution in [0.3, 0.4) is 0 Å². The molecule has 0 aliphatic heterocycles. The molecule has 400 valence electrons. The van der Waals surface area contributed by atoms with E-state index in [4.69, 9.17) is 13.8 Å². The number of hydrogen-bond acceptors (Lipinski definition) is 6. The maximum atomic E-state index is 13.5. The second-order valence-corrected chi connectivity index (χ2v) is 22.3. The van der Waals surface area contributed by atoms with Crippen molar-refractivity contribution in [3.63, 3.8) is 0 Å². The third-order valence-electron chi connectivity index (χ3n) is 12.9. The smallest absolute Gasteiger partial charge is 0.456 e. The number of carbonyl (C=O) groups is 2. The predicted molar refractivity (Wildman–Crippen MR) is 291 cm³/mol. The first kappa shape index (κ1) is 66.2. The first-order valence-corrected chi connectivity index (χ1v) is 30.3. The molecule has 0 saturated carbocycles. The third kappa shape index (κ3) is 49.2. The van der Waals surface area contributed by atoms with Crippen molar-refractivity contribution in [3.8, 4) is 0 Å². The summed E-state index contributed by atoms with van der Waals surface area (Å²) in [6.45, 7) is 7.00. The molecule has 0 aliphatic carbocycles. The van der Waals surface area contributed by atoms with Gasteiger partial charge in [-0.1, -0.05) is 237 Å². The molecule has 68 heavy (non-hydrogen) atoms. The lowest BCUT2D eigenvalue weighted by Gasteiger charge is -2.27. The van der Waals surface area contributed by atoms with Crippen LogP contribution in [0.1, 0.15) is 271 Å². The Labute approximate surface area is 421 Å². The number of phosphoric acid groups is 1. The molecule has 0 aromatic heterocycles. The van der Waals surface area contributed by atoms with E-state index < -0.39 is 20.0 Å². The van der Waals surface area contributed by atoms with Crippen molar-refractivity contribution in [1.82, 2.24) is 5.32 Å². The number of allylic oxidation sites excluding steroid dienone is 5. The summed E-state index contributed by atoms with van der Waals surface area (Å²) < 4.78 is 30.6. The SMILES string of the molecule is CCCCCCCCC/C=C/C=C/CCCCCC(=O)NC(COP(=O)(O)OCC[N+](C)(C)C)C(/C=C/CCCCCCCCCCCC)OC(=O)CCCCCCCCCCCCCCCC. The lowest BCUT2D eigenvalue weighted by molar-refractivity contribution is -0.870. The van der Waals surface area contributed by atoms with Crippen molar-refractivity contribution in [3.05, 3.63) is 36.5 Å². The van der Waals surface area contributed by atoms with Gasteiger partial charge in [-0.2, -0.15) is 0 Å². The molecule has 0 bridgehead atoms. The van der Waals surface area contributed by atoms with E-state index in [0.29, 0.717) is 30.3 Å². The highest BCUT2D eigenvalue weighted by atomic mass is 31.2. The first-order valence-electron chi connectivity index (χ1n) is 28.8. The van der Waals surface area contributed by atoms with Crippen LogP contribution in [-0.4, -0.2) is 74.3 Å². The minimum Gasteiger partial charge on any atom is -0.456 e. The number of carbonyl (C=O) groups excluding carboxylic acids is 2. The summed E-state index contributed by atoms with van der Waals surface area (Å²) in [6.07, 6.45) is 57.1. The molecule has 0 fully saturated rings. The Morgan fingerprint density at radius 1 is 0.515 bits per heavy atom. The first-order chi connectivity index (χ1) is 32.9. The average Bonchev–Trinajstić information content (AvgIpc) is 3.29. The van der Waals surface area contributed by atoms with Gasteiger partial charge in [0.2, 0.25) is 5.91 Å². The van der Waals surface area contributed by atoms with Gasteiger partial charge in [0.1, 0.15) is 19.3 Å². The highest BCUT2D eigenvalue weighted by Gasteiger charge is 2.30. The average molecular weight is 981 g/mol. The highest BCUT2D eigenvalue weighted by molar-refractivity contribution is 7.47. The van der Waals surface area contributed by atoms with Gasteiger partial charge in [0.05, 0.1) is 33.8 Å². The fourth-order valence-electron chi connectivity index (χ4n) is 8.34. The van der Waals surface area contributed by atoms with Gasteiger partial charge in [-0.3, -0.25) is 18.6 Å². The molecule has 0 spiro atoms. The molecule has 3 atom stereocenters. The molecule has 0 radical (unpaired) electrons. The second kappa shape index (κ2) is 48.8. The number of ether oxygens (including phenoxy) is 1. The Balaban J connectivity index is 5.38. The van der Waals surface area contributed by atoms with Gasteiger partial charge in [-0.25, -0.2) is 4.57 Å². The maximum Gasteiger partial charge on any atom is 0.472 e. The fourth-order valence-corrected chi connectivity index (χ4v) is 9.08. The summed E-state index contributed by atoms with van der Waals surface area (Å²) in [5.74, 6) is -0.527. The van der Waals surface area contributed by atoms with Crippen molar-refractivity contribution in [1.29, 1.82) is 0 Å². The number of likely N-dealkylation sites (N-methyl/N-ethyl adjacent to an activating group) is 1. The summed E-state index contributed by atoms with van der Waals surface area (Å²) in [7, 11) is 1.49. The Morgan fingerprint density at radius 3 is 1.31 bits per heavy atom. The summed E-state index contributed by atoms with van der Waals surface area (Å²) in [6, 6.07) is -0.856. The van der Waals surface area contributed by atoms with Crippen LogP contribution >= 0.6 is 7.82 Å². The molecule has 0 heterocycles. The monoisotopic (exact) mass is 980 g/mol. The van der Waals surface area contributed by atoms with Gasteiger partial charge in [0, 0.05) is 12.8 Å². The molecule has 1 amide bonds. The third-order valence-corrected chi connectivity index (χ3v) is 13.8. The van der Waals surface area contributed by atoms with Crippen LogP contribution in [0.5, 0.6) is 0 Å². The largest absolute Gasteiger partial charge is 0.472 e. The van der Waals surface area contributed by atoms with Crippen LogP contribution in [-0.2, 0) is 27.9 Å². The van der Waals surface area contributed by atoms with Crippen molar-refractivity contribution >= 4 is 19.7 Å². The summed E-state index contributed by atoms with van der Waals surface area (Å²) in [4.78, 5) is 37.5. The second-order valence-electron chi connectivity index (χ2n) is 20.9. The van der Waals surface area contributed by atoms with E-state index in [2.05, 4.69) is 50.4 Å². The number of phosphoric ester groups is 1. The number of amides is 1. The molecule has 10 heteroatoms. The number of quaternary nitrogens is 1. The zero-order chi connectivity index (χ0) is 50.1. The van der Waals surface area contributed by atoms with Gasteiger partial charge < -0.3 is 19.4 Å². The van der Waals surface area contributed by atoms with Crippen LogP contribution in [0.15, 0.2) is 36.5 Å². The number of rotatable bonds is 52. The summed E-state index contributed by atoms with van der Waals surface area (Å²) in [5.41, 5.74) is 0. The van der Waals surface area contributed by atoms with E-state index >= 15 is 0 Å². The van der Waals surface area contributed by atoms with E-state index in [1.54, 1.807) is 0 Å². The van der Waals surface area contributed by atoms with E-state index in [1.165, 1.54) is 167 Å². The lowest BCUT2D eigenvalue weighted by Crippen LogP contribution is -2.47. The molecule has 2 N–H and O–H groups in total. The molecular weight excluding hydrogens is 868 g/mol. The van der Waals surface area contributed by atoms with Gasteiger partial charge in [0.15, 0.2) is 0 Å². The lowest BCUT2D eigenvalue weighted by atomic mass is 10.0. The number of nitrogens with one attached hydrogen (secondary N) is 1. The molecule has 0 rings (SSSR count). The number of nitrogens with zero attached hydrogens (tertiary/aromatic N) is 1. The van der Waals surface area contributed by atoms with E-state index in [9.17, 15) is 19.0 Å². The van der Waals surface area contributed by atoms with Crippen molar-refractivity contribution in [2.24, 2.45) is 0 Å². The van der Waals surface area contributed by atoms with Gasteiger partial charge in [-0.05, 0) is 57.4 Å². The topological polar surface area (TPSA) is 111 Å². The Kier molecular flexibility index (Phi) is 47.6. The summed E-state index contributed by atoms with van der Waals surface area (Å²) >= 11 is 0. The summed E-state index contributed by atoms with van der Waals surface area (Å²) in [5, 5.41) is 3.03. The Hall–Kier alpha value is -1.77. The van der Waals surface area contributed by atoms with E-state index in [1.807, 2.05) is 33.3 Å². The quantitative estimate of drug-likeness (QED) is 0.0156. The number of esters is 1. The molecule has 0 aromatic carbocycles. The van der Waals surface area contributed by atoms with Crippen LogP contribution in [0.2, 0.25) is 0 Å². The minimum absolute atomic E-state index is 0.0371. The zero-order valence-electron chi connectivity index (χ0n) is 45.6. The standard InChI is InChI=1S/C58H111N2O7P/c1-7-10-13-16-19-22-25-28-30-31-32-35-38-41-44-47-50-57(61)59-55(54-66-68(63,64)65-53-52-60(4,5)6)56(49-46-43-40-37-34-27-24-21-18-15-12-9-3)67-58(62)51-48-45-42-39-36-33-29-26-23-20-17-14-11-8-2/h30-32,35,46,49,55-56H,7-29,33-34,36-45,47-48,50-54H2,1-6H3,(H-,59,61,63,64)/p+1/b31-30+,35-32+,49-46+. The zero-order valence-corrected chi connectivity index (χ0v) is 46.5. The molecule has 3 unspecified atom stereocenters. The molecule has 0 aliphatic rings. The van der Waals surface area contributed by atoms with Crippen LogP contribution in [0.4, 0.5) is 0 Å². The Bertz CT molecular complexity index is 1270. The van der Waals surface area contributed by atoms with E-state index in [-0.39, 0.29) is 25.1 Å².